The number of hydrogen-bond acceptors (Lipinski definition) is 5. The van der Waals surface area contributed by atoms with Gasteiger partial charge in [0.15, 0.2) is 17.3 Å². The van der Waals surface area contributed by atoms with E-state index in [4.69, 9.17) is 21.1 Å². The highest BCUT2D eigenvalue weighted by Crippen LogP contribution is 2.34. The Morgan fingerprint density at radius 2 is 1.89 bits per heavy atom. The fraction of sp³-hybridized carbons (Fsp3) is 0.222. The third-order valence-corrected chi connectivity index (χ3v) is 6.40. The van der Waals surface area contributed by atoms with Crippen LogP contribution < -0.4 is 9.47 Å². The van der Waals surface area contributed by atoms with E-state index >= 15 is 0 Å². The Kier molecular flexibility index (Phi) is 6.86. The lowest BCUT2D eigenvalue weighted by Crippen LogP contribution is -2.32. The zero-order chi connectivity index (χ0) is 25.1. The summed E-state index contributed by atoms with van der Waals surface area (Å²) in [5, 5.41) is 9.09. The van der Waals surface area contributed by atoms with Crippen molar-refractivity contribution in [3.05, 3.63) is 101 Å². The van der Waals surface area contributed by atoms with Crippen LogP contribution in [0.25, 0.3) is 5.69 Å². The van der Waals surface area contributed by atoms with Crippen LogP contribution in [0.4, 0.5) is 4.39 Å². The van der Waals surface area contributed by atoms with E-state index in [1.165, 1.54) is 19.2 Å². The number of ether oxygens (including phenoxy) is 2. The molecule has 1 aliphatic rings. The molecule has 0 saturated carbocycles. The van der Waals surface area contributed by atoms with Gasteiger partial charge in [0, 0.05) is 23.3 Å². The van der Waals surface area contributed by atoms with Crippen molar-refractivity contribution in [2.24, 2.45) is 0 Å². The number of nitrogens with zero attached hydrogens (tertiary/aromatic N) is 4. The van der Waals surface area contributed by atoms with E-state index in [2.05, 4.69) is 10.2 Å². The molecule has 1 aromatic heterocycles. The highest BCUT2D eigenvalue weighted by Gasteiger charge is 2.34. The van der Waals surface area contributed by atoms with E-state index < -0.39 is 0 Å². The maximum atomic E-state index is 13.9. The van der Waals surface area contributed by atoms with Crippen LogP contribution >= 0.6 is 11.6 Å². The van der Waals surface area contributed by atoms with Gasteiger partial charge in [-0.2, -0.15) is 0 Å². The standard InChI is InChI=1S/C27H24ClFN4O3/c1-35-24-16-19(28)12-13-23(24)36-17-25-30-31-26(33(25)21-9-3-2-4-10-21)27(34)32-14-6-11-22(32)18-7-5-8-20(29)15-18/h2-5,7-10,12-13,15-16,22H,6,11,14,17H2,1H3/t22-/m1/s1. The number of methoxy groups -OCH3 is 1. The molecule has 184 valence electrons. The average Bonchev–Trinajstić information content (AvgIpc) is 3.56. The molecule has 36 heavy (non-hydrogen) atoms. The zero-order valence-electron chi connectivity index (χ0n) is 19.6. The van der Waals surface area contributed by atoms with Crippen molar-refractivity contribution in [1.29, 1.82) is 0 Å². The first-order valence-electron chi connectivity index (χ1n) is 11.6. The minimum Gasteiger partial charge on any atom is -0.493 e. The Bertz CT molecular complexity index is 1380. The van der Waals surface area contributed by atoms with Crippen molar-refractivity contribution in [3.63, 3.8) is 0 Å². The van der Waals surface area contributed by atoms with Crippen LogP contribution in [0.5, 0.6) is 11.5 Å². The van der Waals surface area contributed by atoms with Crippen molar-refractivity contribution in [1.82, 2.24) is 19.7 Å². The summed E-state index contributed by atoms with van der Waals surface area (Å²) in [5.41, 5.74) is 1.50. The number of aromatic nitrogens is 3. The number of halogens is 2. The lowest BCUT2D eigenvalue weighted by Gasteiger charge is -2.25. The van der Waals surface area contributed by atoms with Gasteiger partial charge in [-0.3, -0.25) is 9.36 Å². The molecule has 7 nitrogen and oxygen atoms in total. The number of carbonyl (C=O) groups is 1. The molecule has 1 saturated heterocycles. The highest BCUT2D eigenvalue weighted by atomic mass is 35.5. The van der Waals surface area contributed by atoms with Crippen LogP contribution in [0.1, 0.15) is 40.9 Å². The van der Waals surface area contributed by atoms with Crippen LogP contribution in [-0.4, -0.2) is 39.2 Å². The lowest BCUT2D eigenvalue weighted by atomic mass is 10.0. The van der Waals surface area contributed by atoms with Gasteiger partial charge in [0.05, 0.1) is 13.2 Å². The molecule has 1 aliphatic heterocycles. The maximum Gasteiger partial charge on any atom is 0.292 e. The molecule has 0 unspecified atom stereocenters. The Hall–Kier alpha value is -3.91. The summed E-state index contributed by atoms with van der Waals surface area (Å²) in [7, 11) is 1.53. The van der Waals surface area contributed by atoms with Crippen molar-refractivity contribution in [3.8, 4) is 17.2 Å². The van der Waals surface area contributed by atoms with Gasteiger partial charge in [0.1, 0.15) is 12.4 Å². The van der Waals surface area contributed by atoms with Gasteiger partial charge >= 0.3 is 0 Å². The molecule has 3 aromatic carbocycles. The number of likely N-dealkylation sites (tertiary alicyclic amines) is 1. The number of hydrogen-bond donors (Lipinski definition) is 0. The first-order chi connectivity index (χ1) is 17.5. The smallest absolute Gasteiger partial charge is 0.292 e. The highest BCUT2D eigenvalue weighted by molar-refractivity contribution is 6.30. The second-order valence-electron chi connectivity index (χ2n) is 8.41. The third kappa shape index (κ3) is 4.77. The number of para-hydroxylation sites is 1. The number of benzene rings is 3. The molecule has 2 heterocycles. The molecule has 0 aliphatic carbocycles. The second-order valence-corrected chi connectivity index (χ2v) is 8.84. The van der Waals surface area contributed by atoms with E-state index in [1.807, 2.05) is 36.4 Å². The van der Waals surface area contributed by atoms with Crippen molar-refractivity contribution in [2.75, 3.05) is 13.7 Å². The lowest BCUT2D eigenvalue weighted by molar-refractivity contribution is 0.0720. The van der Waals surface area contributed by atoms with Crippen LogP contribution in [-0.2, 0) is 6.61 Å². The molecular formula is C27H24ClFN4O3. The fourth-order valence-electron chi connectivity index (χ4n) is 4.50. The van der Waals surface area contributed by atoms with Crippen molar-refractivity contribution >= 4 is 17.5 Å². The first-order valence-corrected chi connectivity index (χ1v) is 12.0. The minimum atomic E-state index is -0.323. The van der Waals surface area contributed by atoms with Gasteiger partial charge < -0.3 is 14.4 Å². The summed E-state index contributed by atoms with van der Waals surface area (Å²) < 4.78 is 26.9. The van der Waals surface area contributed by atoms with Gasteiger partial charge in [0.25, 0.3) is 5.91 Å². The van der Waals surface area contributed by atoms with Crippen molar-refractivity contribution < 1.29 is 18.7 Å². The fourth-order valence-corrected chi connectivity index (χ4v) is 4.66. The molecular weight excluding hydrogens is 483 g/mol. The summed E-state index contributed by atoms with van der Waals surface area (Å²) in [5.74, 6) is 1.00. The molecule has 1 amide bonds. The predicted octanol–water partition coefficient (Wildman–Crippen LogP) is 5.62. The van der Waals surface area contributed by atoms with Crippen molar-refractivity contribution in [2.45, 2.75) is 25.5 Å². The van der Waals surface area contributed by atoms with E-state index in [0.29, 0.717) is 28.9 Å². The molecule has 5 rings (SSSR count). The molecule has 1 atom stereocenters. The van der Waals surface area contributed by atoms with Crippen LogP contribution in [0.3, 0.4) is 0 Å². The largest absolute Gasteiger partial charge is 0.493 e. The quantitative estimate of drug-likeness (QED) is 0.325. The zero-order valence-corrected chi connectivity index (χ0v) is 20.4. The van der Waals surface area contributed by atoms with Gasteiger partial charge in [-0.25, -0.2) is 4.39 Å². The second kappa shape index (κ2) is 10.4. The van der Waals surface area contributed by atoms with E-state index in [1.54, 1.807) is 33.7 Å². The van der Waals surface area contributed by atoms with Gasteiger partial charge in [0.2, 0.25) is 5.82 Å². The van der Waals surface area contributed by atoms with Crippen LogP contribution in [0.2, 0.25) is 5.02 Å². The third-order valence-electron chi connectivity index (χ3n) is 6.17. The van der Waals surface area contributed by atoms with E-state index in [-0.39, 0.29) is 30.2 Å². The summed E-state index contributed by atoms with van der Waals surface area (Å²) in [6.45, 7) is 0.593. The molecule has 0 N–H and O–H groups in total. The predicted molar refractivity (Wildman–Crippen MR) is 133 cm³/mol. The monoisotopic (exact) mass is 506 g/mol. The average molecular weight is 507 g/mol. The Morgan fingerprint density at radius 3 is 2.67 bits per heavy atom. The van der Waals surface area contributed by atoms with Gasteiger partial charge in [-0.1, -0.05) is 41.9 Å². The maximum absolute atomic E-state index is 13.9. The topological polar surface area (TPSA) is 69.5 Å². The summed E-state index contributed by atoms with van der Waals surface area (Å²) >= 11 is 6.06. The summed E-state index contributed by atoms with van der Waals surface area (Å²) in [6.07, 6.45) is 1.57. The van der Waals surface area contributed by atoms with Gasteiger partial charge in [-0.05, 0) is 54.8 Å². The Labute approximate surface area is 213 Å². The number of rotatable bonds is 7. The van der Waals surface area contributed by atoms with E-state index in [0.717, 1.165) is 24.1 Å². The molecule has 0 radical (unpaired) electrons. The molecule has 9 heteroatoms. The molecule has 0 spiro atoms. The Balaban J connectivity index is 1.48. The van der Waals surface area contributed by atoms with E-state index in [9.17, 15) is 9.18 Å². The molecule has 4 aromatic rings. The molecule has 0 bridgehead atoms. The van der Waals surface area contributed by atoms with Crippen LogP contribution in [0.15, 0.2) is 72.8 Å². The number of amides is 1. The summed E-state index contributed by atoms with van der Waals surface area (Å²) in [6, 6.07) is 20.6. The Morgan fingerprint density at radius 1 is 1.06 bits per heavy atom. The minimum absolute atomic E-state index is 0.0422. The van der Waals surface area contributed by atoms with Crippen LogP contribution in [0, 0.1) is 5.82 Å². The number of carbonyl (C=O) groups excluding carboxylic acids is 1. The van der Waals surface area contributed by atoms with Gasteiger partial charge in [-0.15, -0.1) is 10.2 Å². The normalized spacial score (nSPS) is 15.2. The molecule has 1 fully saturated rings. The SMILES string of the molecule is COc1cc(Cl)ccc1OCc1nnc(C(=O)N2CCC[C@@H]2c2cccc(F)c2)n1-c1ccccc1. The summed E-state index contributed by atoms with van der Waals surface area (Å²) in [4.78, 5) is 15.5. The first kappa shape index (κ1) is 23.8.